The largest absolute Gasteiger partial charge is 0.389 e. The second-order valence-corrected chi connectivity index (χ2v) is 7.73. The fraction of sp³-hybridized carbons (Fsp3) is 0.526. The molecule has 1 aliphatic heterocycles. The highest BCUT2D eigenvalue weighted by Crippen LogP contribution is 2.38. The van der Waals surface area contributed by atoms with E-state index in [4.69, 9.17) is 0 Å². The molecule has 124 valence electrons. The quantitative estimate of drug-likeness (QED) is 0.879. The van der Waals surface area contributed by atoms with Gasteiger partial charge in [-0.3, -0.25) is 4.79 Å². The Balaban J connectivity index is 1.96. The maximum Gasteiger partial charge on any atom is 0.270 e. The topological polar surface area (TPSA) is 45.5 Å². The minimum atomic E-state index is -0.737. The third-order valence-electron chi connectivity index (χ3n) is 5.72. The van der Waals surface area contributed by atoms with Crippen molar-refractivity contribution in [3.8, 4) is 0 Å². The Morgan fingerprint density at radius 3 is 2.57 bits per heavy atom. The summed E-state index contributed by atoms with van der Waals surface area (Å²) in [5.74, 6) is 0.0478. The highest BCUT2D eigenvalue weighted by molar-refractivity contribution is 5.99. The number of piperidine rings is 1. The van der Waals surface area contributed by atoms with Crippen LogP contribution in [0.25, 0.3) is 10.9 Å². The van der Waals surface area contributed by atoms with Gasteiger partial charge in [0.1, 0.15) is 5.69 Å². The summed E-state index contributed by atoms with van der Waals surface area (Å²) in [6.07, 6.45) is 0.606. The number of likely N-dealkylation sites (tertiary alicyclic amines) is 1. The van der Waals surface area contributed by atoms with E-state index in [2.05, 4.69) is 13.0 Å². The van der Waals surface area contributed by atoms with Gasteiger partial charge in [-0.25, -0.2) is 0 Å². The van der Waals surface area contributed by atoms with Crippen molar-refractivity contribution < 1.29 is 9.90 Å². The number of nitrogens with zero attached hydrogens (tertiary/aromatic N) is 2. The number of hydrogen-bond acceptors (Lipinski definition) is 2. The van der Waals surface area contributed by atoms with Crippen molar-refractivity contribution in [3.05, 3.63) is 35.5 Å². The predicted octanol–water partition coefficient (Wildman–Crippen LogP) is 3.11. The van der Waals surface area contributed by atoms with Gasteiger partial charge in [0.15, 0.2) is 0 Å². The zero-order valence-corrected chi connectivity index (χ0v) is 14.7. The van der Waals surface area contributed by atoms with Gasteiger partial charge in [-0.1, -0.05) is 26.0 Å². The van der Waals surface area contributed by atoms with Crippen LogP contribution in [0.1, 0.15) is 43.2 Å². The SMILES string of the molecule is Cc1cccc2c1cc(C(=O)N1CC[C@@](C)(O)C(C)(C)C1)n2C. The summed E-state index contributed by atoms with van der Waals surface area (Å²) < 4.78 is 1.98. The number of carbonyl (C=O) groups excluding carboxylic acids is 1. The number of carbonyl (C=O) groups is 1. The van der Waals surface area contributed by atoms with Crippen molar-refractivity contribution in [1.82, 2.24) is 9.47 Å². The van der Waals surface area contributed by atoms with Crippen LogP contribution in [-0.4, -0.2) is 39.2 Å². The lowest BCUT2D eigenvalue weighted by Gasteiger charge is -2.48. The first-order valence-electron chi connectivity index (χ1n) is 8.21. The fourth-order valence-corrected chi connectivity index (χ4v) is 3.47. The molecule has 0 spiro atoms. The molecule has 1 aromatic carbocycles. The van der Waals surface area contributed by atoms with Crippen molar-refractivity contribution >= 4 is 16.8 Å². The van der Waals surface area contributed by atoms with E-state index in [0.717, 1.165) is 10.9 Å². The summed E-state index contributed by atoms with van der Waals surface area (Å²) >= 11 is 0. The zero-order chi connectivity index (χ0) is 17.0. The molecule has 1 atom stereocenters. The molecule has 0 radical (unpaired) electrons. The van der Waals surface area contributed by atoms with Crippen LogP contribution in [0.3, 0.4) is 0 Å². The molecule has 1 amide bonds. The summed E-state index contributed by atoms with van der Waals surface area (Å²) in [7, 11) is 1.94. The van der Waals surface area contributed by atoms with Gasteiger partial charge in [-0.15, -0.1) is 0 Å². The molecule has 1 N–H and O–H groups in total. The number of hydrogen-bond donors (Lipinski definition) is 1. The Morgan fingerprint density at radius 2 is 1.96 bits per heavy atom. The zero-order valence-electron chi connectivity index (χ0n) is 14.7. The molecule has 1 fully saturated rings. The highest BCUT2D eigenvalue weighted by atomic mass is 16.3. The van der Waals surface area contributed by atoms with Crippen LogP contribution in [0.4, 0.5) is 0 Å². The molecule has 4 nitrogen and oxygen atoms in total. The van der Waals surface area contributed by atoms with Gasteiger partial charge >= 0.3 is 0 Å². The number of benzene rings is 1. The first-order chi connectivity index (χ1) is 10.6. The maximum atomic E-state index is 13.0. The van der Waals surface area contributed by atoms with E-state index in [-0.39, 0.29) is 11.3 Å². The van der Waals surface area contributed by atoms with Gasteiger partial charge in [0.2, 0.25) is 0 Å². The number of rotatable bonds is 1. The van der Waals surface area contributed by atoms with Gasteiger partial charge in [0.05, 0.1) is 5.60 Å². The molecule has 3 rings (SSSR count). The summed E-state index contributed by atoms with van der Waals surface area (Å²) in [4.78, 5) is 14.9. The lowest BCUT2D eigenvalue weighted by Crippen LogP contribution is -2.57. The first-order valence-corrected chi connectivity index (χ1v) is 8.21. The molecular formula is C19H26N2O2. The molecule has 1 saturated heterocycles. The van der Waals surface area contributed by atoms with E-state index in [1.807, 2.05) is 55.5 Å². The van der Waals surface area contributed by atoms with Gasteiger partial charge < -0.3 is 14.6 Å². The van der Waals surface area contributed by atoms with E-state index >= 15 is 0 Å². The summed E-state index contributed by atoms with van der Waals surface area (Å²) in [5, 5.41) is 11.7. The van der Waals surface area contributed by atoms with E-state index in [1.165, 1.54) is 5.56 Å². The number of aryl methyl sites for hydroxylation is 2. The minimum Gasteiger partial charge on any atom is -0.389 e. The molecule has 23 heavy (non-hydrogen) atoms. The molecule has 0 unspecified atom stereocenters. The van der Waals surface area contributed by atoms with Crippen LogP contribution in [0, 0.1) is 12.3 Å². The second-order valence-electron chi connectivity index (χ2n) is 7.73. The smallest absolute Gasteiger partial charge is 0.270 e. The van der Waals surface area contributed by atoms with Gasteiger partial charge in [-0.05, 0) is 38.0 Å². The Kier molecular flexibility index (Phi) is 3.56. The number of amides is 1. The van der Waals surface area contributed by atoms with E-state index in [1.54, 1.807) is 0 Å². The molecule has 1 aliphatic rings. The summed E-state index contributed by atoms with van der Waals surface area (Å²) in [6.45, 7) is 9.15. The monoisotopic (exact) mass is 314 g/mol. The Hall–Kier alpha value is -1.81. The van der Waals surface area contributed by atoms with Crippen LogP contribution in [0.15, 0.2) is 24.3 Å². The van der Waals surface area contributed by atoms with Gasteiger partial charge in [-0.2, -0.15) is 0 Å². The number of aromatic nitrogens is 1. The summed E-state index contributed by atoms with van der Waals surface area (Å²) in [5.41, 5.74) is 1.92. The molecule has 2 aromatic rings. The van der Waals surface area contributed by atoms with Crippen LogP contribution in [0.5, 0.6) is 0 Å². The standard InChI is InChI=1S/C19H26N2O2/c1-13-7-6-8-15-14(13)11-16(20(15)5)17(22)21-10-9-19(4,23)18(2,3)12-21/h6-8,11,23H,9-10,12H2,1-5H3/t19-/m1/s1. The second kappa shape index (κ2) is 5.10. The lowest BCUT2D eigenvalue weighted by molar-refractivity contribution is -0.0972. The average molecular weight is 314 g/mol. The van der Waals surface area contributed by atoms with Crippen LogP contribution >= 0.6 is 0 Å². The summed E-state index contributed by atoms with van der Waals surface area (Å²) in [6, 6.07) is 8.13. The maximum absolute atomic E-state index is 13.0. The first kappa shape index (κ1) is 16.1. The minimum absolute atomic E-state index is 0.0478. The fourth-order valence-electron chi connectivity index (χ4n) is 3.47. The highest BCUT2D eigenvalue weighted by Gasteiger charge is 2.45. The van der Waals surface area contributed by atoms with Gasteiger partial charge in [0, 0.05) is 36.5 Å². The van der Waals surface area contributed by atoms with Crippen molar-refractivity contribution in [2.45, 2.75) is 39.7 Å². The molecule has 2 heterocycles. The molecule has 4 heteroatoms. The van der Waals surface area contributed by atoms with Crippen LogP contribution < -0.4 is 0 Å². The van der Waals surface area contributed by atoms with Crippen molar-refractivity contribution in [2.24, 2.45) is 12.5 Å². The molecule has 0 aliphatic carbocycles. The number of fused-ring (bicyclic) bond motifs is 1. The Morgan fingerprint density at radius 1 is 1.26 bits per heavy atom. The molecular weight excluding hydrogens is 288 g/mol. The van der Waals surface area contributed by atoms with Crippen molar-refractivity contribution in [3.63, 3.8) is 0 Å². The Labute approximate surface area is 137 Å². The third-order valence-corrected chi connectivity index (χ3v) is 5.72. The van der Waals surface area contributed by atoms with E-state index in [9.17, 15) is 9.90 Å². The van der Waals surface area contributed by atoms with E-state index in [0.29, 0.717) is 25.2 Å². The van der Waals surface area contributed by atoms with E-state index < -0.39 is 5.60 Å². The average Bonchev–Trinajstić information content (AvgIpc) is 2.80. The third kappa shape index (κ3) is 2.45. The number of aliphatic hydroxyl groups is 1. The Bertz CT molecular complexity index is 771. The predicted molar refractivity (Wildman–Crippen MR) is 92.6 cm³/mol. The van der Waals surface area contributed by atoms with Crippen molar-refractivity contribution in [1.29, 1.82) is 0 Å². The van der Waals surface area contributed by atoms with Gasteiger partial charge in [0.25, 0.3) is 5.91 Å². The molecule has 1 aromatic heterocycles. The van der Waals surface area contributed by atoms with Crippen LogP contribution in [-0.2, 0) is 7.05 Å². The molecule has 0 bridgehead atoms. The lowest BCUT2D eigenvalue weighted by atomic mass is 9.71. The normalized spacial score (nSPS) is 24.2. The van der Waals surface area contributed by atoms with Crippen LogP contribution in [0.2, 0.25) is 0 Å². The molecule has 0 saturated carbocycles. The van der Waals surface area contributed by atoms with Crippen molar-refractivity contribution in [2.75, 3.05) is 13.1 Å².